The van der Waals surface area contributed by atoms with E-state index in [0.29, 0.717) is 10.2 Å². The van der Waals surface area contributed by atoms with Crippen molar-refractivity contribution in [2.24, 2.45) is 5.73 Å². The monoisotopic (exact) mass is 401 g/mol. The fourth-order valence-corrected chi connectivity index (χ4v) is 2.63. The summed E-state index contributed by atoms with van der Waals surface area (Å²) < 4.78 is 20.5. The zero-order valence-corrected chi connectivity index (χ0v) is 14.0. The molecule has 0 aliphatic carbocycles. The molecule has 2 aromatic carbocycles. The highest BCUT2D eigenvalue weighted by Gasteiger charge is 2.19. The van der Waals surface area contributed by atoms with E-state index in [1.807, 2.05) is 31.2 Å². The summed E-state index contributed by atoms with van der Waals surface area (Å²) in [6.45, 7) is 1.88. The van der Waals surface area contributed by atoms with Gasteiger partial charge in [-0.15, -0.1) is 0 Å². The van der Waals surface area contributed by atoms with E-state index in [2.05, 4.69) is 31.9 Å². The van der Waals surface area contributed by atoms with Gasteiger partial charge in [0.05, 0.1) is 4.47 Å². The zero-order chi connectivity index (χ0) is 14.7. The second-order valence-corrected chi connectivity index (χ2v) is 6.30. The van der Waals surface area contributed by atoms with Gasteiger partial charge in [0.1, 0.15) is 17.7 Å². The van der Waals surface area contributed by atoms with E-state index in [-0.39, 0.29) is 18.0 Å². The van der Waals surface area contributed by atoms with Crippen molar-refractivity contribution in [3.63, 3.8) is 0 Å². The number of rotatable bonds is 4. The van der Waals surface area contributed by atoms with Crippen molar-refractivity contribution in [2.75, 3.05) is 0 Å². The molecule has 2 atom stereocenters. The SMILES string of the molecule is CC(N)C(Oc1ccc(F)c(Br)c1)c1cccc(Br)c1. The van der Waals surface area contributed by atoms with Crippen LogP contribution in [-0.4, -0.2) is 6.04 Å². The Balaban J connectivity index is 2.28. The second-order valence-electron chi connectivity index (χ2n) is 4.53. The lowest BCUT2D eigenvalue weighted by Gasteiger charge is -2.23. The van der Waals surface area contributed by atoms with Gasteiger partial charge in [0.25, 0.3) is 0 Å². The van der Waals surface area contributed by atoms with Crippen molar-refractivity contribution >= 4 is 31.9 Å². The standard InChI is InChI=1S/C15H14Br2FNO/c1-9(19)15(10-3-2-4-11(16)7-10)20-12-5-6-14(18)13(17)8-12/h2-9,15H,19H2,1H3. The van der Waals surface area contributed by atoms with E-state index in [1.54, 1.807) is 12.1 Å². The summed E-state index contributed by atoms with van der Waals surface area (Å²) in [5.74, 6) is 0.248. The number of hydrogen-bond donors (Lipinski definition) is 1. The predicted octanol–water partition coefficient (Wildman–Crippen LogP) is 4.82. The zero-order valence-electron chi connectivity index (χ0n) is 10.8. The Hall–Kier alpha value is -0.910. The van der Waals surface area contributed by atoms with Crippen LogP contribution in [0, 0.1) is 5.82 Å². The quantitative estimate of drug-likeness (QED) is 0.795. The maximum absolute atomic E-state index is 13.2. The molecule has 0 aromatic heterocycles. The van der Waals surface area contributed by atoms with Crippen LogP contribution in [0.2, 0.25) is 0 Å². The van der Waals surface area contributed by atoms with Crippen LogP contribution in [0.25, 0.3) is 0 Å². The van der Waals surface area contributed by atoms with Crippen molar-refractivity contribution in [2.45, 2.75) is 19.1 Å². The third-order valence-corrected chi connectivity index (χ3v) is 3.91. The van der Waals surface area contributed by atoms with E-state index in [1.165, 1.54) is 6.07 Å². The third kappa shape index (κ3) is 3.81. The summed E-state index contributed by atoms with van der Waals surface area (Å²) >= 11 is 6.58. The maximum atomic E-state index is 13.2. The van der Waals surface area contributed by atoms with Crippen LogP contribution in [0.5, 0.6) is 5.75 Å². The largest absolute Gasteiger partial charge is 0.484 e. The molecule has 5 heteroatoms. The Morgan fingerprint density at radius 2 is 1.90 bits per heavy atom. The molecule has 0 bridgehead atoms. The van der Waals surface area contributed by atoms with Gasteiger partial charge in [-0.2, -0.15) is 0 Å². The molecule has 20 heavy (non-hydrogen) atoms. The molecule has 0 fully saturated rings. The topological polar surface area (TPSA) is 35.2 Å². The summed E-state index contributed by atoms with van der Waals surface area (Å²) in [5, 5.41) is 0. The minimum atomic E-state index is -0.322. The van der Waals surface area contributed by atoms with Gasteiger partial charge in [0.2, 0.25) is 0 Å². The normalized spacial score (nSPS) is 13.8. The first-order valence-corrected chi connectivity index (χ1v) is 7.68. The average Bonchev–Trinajstić information content (AvgIpc) is 2.39. The molecule has 0 spiro atoms. The molecule has 0 heterocycles. The average molecular weight is 403 g/mol. The molecule has 0 radical (unpaired) electrons. The molecule has 0 saturated heterocycles. The lowest BCUT2D eigenvalue weighted by atomic mass is 10.0. The van der Waals surface area contributed by atoms with Crippen LogP contribution in [-0.2, 0) is 0 Å². The summed E-state index contributed by atoms with van der Waals surface area (Å²) in [4.78, 5) is 0. The van der Waals surface area contributed by atoms with E-state index in [9.17, 15) is 4.39 Å². The van der Waals surface area contributed by atoms with Crippen LogP contribution in [0.1, 0.15) is 18.6 Å². The summed E-state index contributed by atoms with van der Waals surface area (Å²) in [6.07, 6.45) is -0.301. The number of benzene rings is 2. The third-order valence-electron chi connectivity index (χ3n) is 2.81. The molecular weight excluding hydrogens is 389 g/mol. The Bertz CT molecular complexity index is 604. The van der Waals surface area contributed by atoms with Crippen molar-refractivity contribution in [1.82, 2.24) is 0 Å². The highest BCUT2D eigenvalue weighted by Crippen LogP contribution is 2.28. The maximum Gasteiger partial charge on any atom is 0.138 e. The molecule has 0 saturated carbocycles. The number of halogens is 3. The van der Waals surface area contributed by atoms with Gasteiger partial charge in [-0.25, -0.2) is 4.39 Å². The van der Waals surface area contributed by atoms with Gasteiger partial charge in [-0.05, 0) is 58.7 Å². The molecule has 2 unspecified atom stereocenters. The molecular formula is C15H14Br2FNO. The first-order valence-electron chi connectivity index (χ1n) is 6.10. The Labute approximate surface area is 134 Å². The Kier molecular flexibility index (Phi) is 5.18. The molecule has 0 aliphatic heterocycles. The van der Waals surface area contributed by atoms with Crippen LogP contribution >= 0.6 is 31.9 Å². The summed E-state index contributed by atoms with van der Waals surface area (Å²) in [6, 6.07) is 12.1. The minimum absolute atomic E-state index is 0.201. The van der Waals surface area contributed by atoms with E-state index in [0.717, 1.165) is 10.0 Å². The smallest absolute Gasteiger partial charge is 0.138 e. The number of ether oxygens (including phenoxy) is 1. The molecule has 106 valence electrons. The summed E-state index contributed by atoms with van der Waals surface area (Å²) in [7, 11) is 0. The highest BCUT2D eigenvalue weighted by molar-refractivity contribution is 9.10. The predicted molar refractivity (Wildman–Crippen MR) is 85.3 cm³/mol. The number of nitrogens with two attached hydrogens (primary N) is 1. The van der Waals surface area contributed by atoms with E-state index >= 15 is 0 Å². The molecule has 0 aliphatic rings. The molecule has 2 N–H and O–H groups in total. The Morgan fingerprint density at radius 3 is 2.50 bits per heavy atom. The van der Waals surface area contributed by atoms with Crippen LogP contribution < -0.4 is 10.5 Å². The molecule has 2 aromatic rings. The first kappa shape index (κ1) is 15.5. The van der Waals surface area contributed by atoms with Gasteiger partial charge in [-0.1, -0.05) is 28.1 Å². The van der Waals surface area contributed by atoms with Crippen LogP contribution in [0.4, 0.5) is 4.39 Å². The lowest BCUT2D eigenvalue weighted by molar-refractivity contribution is 0.180. The van der Waals surface area contributed by atoms with Crippen molar-refractivity contribution in [3.05, 3.63) is 62.8 Å². The van der Waals surface area contributed by atoms with Crippen LogP contribution in [0.3, 0.4) is 0 Å². The fourth-order valence-electron chi connectivity index (χ4n) is 1.86. The Morgan fingerprint density at radius 1 is 1.15 bits per heavy atom. The van der Waals surface area contributed by atoms with Crippen molar-refractivity contribution in [1.29, 1.82) is 0 Å². The first-order chi connectivity index (χ1) is 9.47. The van der Waals surface area contributed by atoms with Crippen molar-refractivity contribution < 1.29 is 9.13 Å². The highest BCUT2D eigenvalue weighted by atomic mass is 79.9. The van der Waals surface area contributed by atoms with Gasteiger partial charge in [0, 0.05) is 10.5 Å². The minimum Gasteiger partial charge on any atom is -0.484 e. The van der Waals surface area contributed by atoms with Gasteiger partial charge in [0.15, 0.2) is 0 Å². The number of hydrogen-bond acceptors (Lipinski definition) is 2. The lowest BCUT2D eigenvalue weighted by Crippen LogP contribution is -2.29. The van der Waals surface area contributed by atoms with E-state index in [4.69, 9.17) is 10.5 Å². The van der Waals surface area contributed by atoms with E-state index < -0.39 is 0 Å². The van der Waals surface area contributed by atoms with Crippen LogP contribution in [0.15, 0.2) is 51.4 Å². The van der Waals surface area contributed by atoms with Crippen molar-refractivity contribution in [3.8, 4) is 5.75 Å². The molecule has 0 amide bonds. The summed E-state index contributed by atoms with van der Waals surface area (Å²) in [5.41, 5.74) is 6.98. The van der Waals surface area contributed by atoms with Gasteiger partial charge >= 0.3 is 0 Å². The second kappa shape index (κ2) is 6.70. The molecule has 2 nitrogen and oxygen atoms in total. The fraction of sp³-hybridized carbons (Fsp3) is 0.200. The van der Waals surface area contributed by atoms with Gasteiger partial charge in [-0.3, -0.25) is 0 Å². The molecule has 2 rings (SSSR count). The van der Waals surface area contributed by atoms with Gasteiger partial charge < -0.3 is 10.5 Å².